The molecule has 2 fully saturated rings. The van der Waals surface area contributed by atoms with Gasteiger partial charge in [0.15, 0.2) is 0 Å². The van der Waals surface area contributed by atoms with E-state index in [1.54, 1.807) is 16.8 Å². The van der Waals surface area contributed by atoms with Gasteiger partial charge in [0, 0.05) is 50.4 Å². The van der Waals surface area contributed by atoms with Crippen molar-refractivity contribution >= 4 is 24.2 Å². The first kappa shape index (κ1) is 20.4. The summed E-state index contributed by atoms with van der Waals surface area (Å²) in [5, 5.41) is 7.64. The van der Waals surface area contributed by atoms with Crippen LogP contribution in [-0.2, 0) is 18.4 Å². The Morgan fingerprint density at radius 1 is 1.25 bits per heavy atom. The van der Waals surface area contributed by atoms with Gasteiger partial charge in [-0.1, -0.05) is 12.1 Å². The Balaban J connectivity index is 0.00000225. The molecule has 3 N–H and O–H groups in total. The minimum atomic E-state index is -0.437. The third-order valence-electron chi connectivity index (χ3n) is 5.55. The van der Waals surface area contributed by atoms with Gasteiger partial charge in [0.2, 0.25) is 11.8 Å². The second-order valence-corrected chi connectivity index (χ2v) is 7.58. The fourth-order valence-corrected chi connectivity index (χ4v) is 3.88. The van der Waals surface area contributed by atoms with Crippen molar-refractivity contribution < 1.29 is 9.59 Å². The molecule has 1 aliphatic carbocycles. The SMILES string of the molecule is Cl.Cn1cc([C@H]2CNC[C@@H]2C(=O)N(Cc2ccc(C(N)=O)cc2)C2CC2)cn1. The van der Waals surface area contributed by atoms with Crippen LogP contribution >= 0.6 is 12.4 Å². The van der Waals surface area contributed by atoms with Crippen LogP contribution in [0, 0.1) is 5.92 Å². The largest absolute Gasteiger partial charge is 0.366 e. The quantitative estimate of drug-likeness (QED) is 0.763. The number of rotatable bonds is 6. The summed E-state index contributed by atoms with van der Waals surface area (Å²) in [7, 11) is 1.90. The lowest BCUT2D eigenvalue weighted by Gasteiger charge is -2.28. The number of hydrogen-bond donors (Lipinski definition) is 2. The molecule has 0 unspecified atom stereocenters. The first-order valence-corrected chi connectivity index (χ1v) is 9.41. The van der Waals surface area contributed by atoms with Crippen molar-refractivity contribution in [2.75, 3.05) is 13.1 Å². The summed E-state index contributed by atoms with van der Waals surface area (Å²) in [6.07, 6.45) is 5.98. The topological polar surface area (TPSA) is 93.3 Å². The molecule has 2 amide bonds. The normalized spacial score (nSPS) is 21.2. The molecule has 1 aliphatic heterocycles. The Bertz CT molecular complexity index is 847. The summed E-state index contributed by atoms with van der Waals surface area (Å²) in [6.45, 7) is 2.06. The van der Waals surface area contributed by atoms with Crippen LogP contribution in [0.2, 0.25) is 0 Å². The van der Waals surface area contributed by atoms with E-state index in [1.807, 2.05) is 36.5 Å². The number of amides is 2. The molecule has 150 valence electrons. The number of aromatic nitrogens is 2. The Hall–Kier alpha value is -2.38. The lowest BCUT2D eigenvalue weighted by Crippen LogP contribution is -2.39. The van der Waals surface area contributed by atoms with Crippen LogP contribution in [0.25, 0.3) is 0 Å². The van der Waals surface area contributed by atoms with Crippen molar-refractivity contribution in [3.63, 3.8) is 0 Å². The summed E-state index contributed by atoms with van der Waals surface area (Å²) < 4.78 is 1.79. The number of nitrogens with one attached hydrogen (secondary N) is 1. The van der Waals surface area contributed by atoms with Crippen LogP contribution in [0.5, 0.6) is 0 Å². The monoisotopic (exact) mass is 403 g/mol. The minimum Gasteiger partial charge on any atom is -0.366 e. The zero-order valence-corrected chi connectivity index (χ0v) is 16.7. The molecule has 2 heterocycles. The molecule has 8 heteroatoms. The molecule has 2 aliphatic rings. The molecule has 1 aromatic heterocycles. The molecule has 0 spiro atoms. The third kappa shape index (κ3) is 4.20. The van der Waals surface area contributed by atoms with Gasteiger partial charge in [-0.25, -0.2) is 0 Å². The average molecular weight is 404 g/mol. The Morgan fingerprint density at radius 3 is 2.54 bits per heavy atom. The average Bonchev–Trinajstić information content (AvgIpc) is 3.21. The summed E-state index contributed by atoms with van der Waals surface area (Å²) in [4.78, 5) is 26.6. The molecule has 1 saturated carbocycles. The number of benzene rings is 1. The Morgan fingerprint density at radius 2 is 1.96 bits per heavy atom. The highest BCUT2D eigenvalue weighted by Gasteiger charge is 2.41. The van der Waals surface area contributed by atoms with E-state index in [4.69, 9.17) is 5.73 Å². The number of carbonyl (C=O) groups is 2. The first-order chi connectivity index (χ1) is 13.0. The van der Waals surface area contributed by atoms with E-state index in [0.29, 0.717) is 24.7 Å². The maximum atomic E-state index is 13.4. The van der Waals surface area contributed by atoms with E-state index < -0.39 is 5.91 Å². The van der Waals surface area contributed by atoms with E-state index in [2.05, 4.69) is 10.4 Å². The summed E-state index contributed by atoms with van der Waals surface area (Å²) >= 11 is 0. The van der Waals surface area contributed by atoms with Gasteiger partial charge < -0.3 is 16.0 Å². The van der Waals surface area contributed by atoms with Gasteiger partial charge >= 0.3 is 0 Å². The van der Waals surface area contributed by atoms with Gasteiger partial charge in [-0.05, 0) is 36.1 Å². The number of aryl methyl sites for hydroxylation is 1. The van der Waals surface area contributed by atoms with Crippen LogP contribution in [0.1, 0.15) is 40.2 Å². The Kier molecular flexibility index (Phi) is 6.05. The number of carbonyl (C=O) groups excluding carboxylic acids is 2. The van der Waals surface area contributed by atoms with Gasteiger partial charge in [0.25, 0.3) is 0 Å². The van der Waals surface area contributed by atoms with Gasteiger partial charge in [-0.15, -0.1) is 12.4 Å². The molecule has 1 saturated heterocycles. The molecular formula is C20H26ClN5O2. The number of hydrogen-bond acceptors (Lipinski definition) is 4. The van der Waals surface area contributed by atoms with Crippen LogP contribution in [-0.4, -0.2) is 45.6 Å². The molecule has 0 radical (unpaired) electrons. The van der Waals surface area contributed by atoms with Gasteiger partial charge in [0.1, 0.15) is 0 Å². The lowest BCUT2D eigenvalue weighted by molar-refractivity contribution is -0.136. The van der Waals surface area contributed by atoms with Crippen LogP contribution in [0.15, 0.2) is 36.7 Å². The van der Waals surface area contributed by atoms with E-state index >= 15 is 0 Å². The van der Waals surface area contributed by atoms with Crippen molar-refractivity contribution in [2.45, 2.75) is 31.3 Å². The van der Waals surface area contributed by atoms with Gasteiger partial charge in [-0.2, -0.15) is 5.10 Å². The lowest BCUT2D eigenvalue weighted by atomic mass is 9.89. The van der Waals surface area contributed by atoms with Crippen molar-refractivity contribution in [3.8, 4) is 0 Å². The molecule has 7 nitrogen and oxygen atoms in total. The molecule has 2 atom stereocenters. The first-order valence-electron chi connectivity index (χ1n) is 9.41. The van der Waals surface area contributed by atoms with Gasteiger partial charge in [0.05, 0.1) is 12.1 Å². The maximum Gasteiger partial charge on any atom is 0.248 e. The maximum absolute atomic E-state index is 13.4. The van der Waals surface area contributed by atoms with Crippen molar-refractivity contribution in [1.82, 2.24) is 20.0 Å². The van der Waals surface area contributed by atoms with E-state index in [0.717, 1.165) is 30.5 Å². The molecular weight excluding hydrogens is 378 g/mol. The summed E-state index contributed by atoms with van der Waals surface area (Å²) in [5.41, 5.74) is 7.93. The number of primary amides is 1. The fraction of sp³-hybridized carbons (Fsp3) is 0.450. The highest BCUT2D eigenvalue weighted by atomic mass is 35.5. The van der Waals surface area contributed by atoms with Crippen molar-refractivity contribution in [1.29, 1.82) is 0 Å². The van der Waals surface area contributed by atoms with Crippen molar-refractivity contribution in [2.24, 2.45) is 18.7 Å². The zero-order chi connectivity index (χ0) is 19.0. The molecule has 28 heavy (non-hydrogen) atoms. The van der Waals surface area contributed by atoms with E-state index in [9.17, 15) is 9.59 Å². The van der Waals surface area contributed by atoms with E-state index in [-0.39, 0.29) is 30.2 Å². The fourth-order valence-electron chi connectivity index (χ4n) is 3.88. The number of nitrogens with two attached hydrogens (primary N) is 1. The number of nitrogens with zero attached hydrogens (tertiary/aromatic N) is 3. The predicted molar refractivity (Wildman–Crippen MR) is 108 cm³/mol. The molecule has 2 aromatic rings. The second-order valence-electron chi connectivity index (χ2n) is 7.58. The third-order valence-corrected chi connectivity index (χ3v) is 5.55. The highest BCUT2D eigenvalue weighted by molar-refractivity contribution is 5.92. The zero-order valence-electron chi connectivity index (χ0n) is 15.9. The Labute approximate surface area is 170 Å². The molecule has 0 bridgehead atoms. The van der Waals surface area contributed by atoms with Crippen LogP contribution < -0.4 is 11.1 Å². The molecule has 1 aromatic carbocycles. The van der Waals surface area contributed by atoms with E-state index in [1.165, 1.54) is 0 Å². The minimum absolute atomic E-state index is 0. The van der Waals surface area contributed by atoms with Gasteiger partial charge in [-0.3, -0.25) is 14.3 Å². The molecule has 4 rings (SSSR count). The van der Waals surface area contributed by atoms with Crippen LogP contribution in [0.3, 0.4) is 0 Å². The van der Waals surface area contributed by atoms with Crippen LogP contribution in [0.4, 0.5) is 0 Å². The number of halogens is 1. The van der Waals surface area contributed by atoms with Crippen molar-refractivity contribution in [3.05, 3.63) is 53.3 Å². The summed E-state index contributed by atoms with van der Waals surface area (Å²) in [6, 6.07) is 7.54. The smallest absolute Gasteiger partial charge is 0.248 e. The summed E-state index contributed by atoms with van der Waals surface area (Å²) in [5.74, 6) is -0.146. The standard InChI is InChI=1S/C20H25N5O2.ClH/c1-24-12-15(8-23-24)17-9-22-10-18(17)20(27)25(16-6-7-16)11-13-2-4-14(5-3-13)19(21)26;/h2-5,8,12,16-18,22H,6-7,9-11H2,1H3,(H2,21,26);1H/t17-,18+;/m1./s1. The highest BCUT2D eigenvalue weighted by Crippen LogP contribution is 2.35. The second kappa shape index (κ2) is 8.32. The predicted octanol–water partition coefficient (Wildman–Crippen LogP) is 1.43.